The Morgan fingerprint density at radius 2 is 1.89 bits per heavy atom. The van der Waals surface area contributed by atoms with Crippen LogP contribution >= 0.6 is 11.9 Å². The molecule has 0 radical (unpaired) electrons. The van der Waals surface area contributed by atoms with Crippen molar-refractivity contribution in [2.75, 3.05) is 25.1 Å². The number of aromatic hydroxyl groups is 1. The Labute approximate surface area is 288 Å². The van der Waals surface area contributed by atoms with Crippen molar-refractivity contribution in [2.45, 2.75) is 95.5 Å². The monoisotopic (exact) mass is 650 g/mol. The highest BCUT2D eigenvalue weighted by Gasteiger charge is 2.29. The number of ether oxygens (including phenoxy) is 1. The first-order chi connectivity index (χ1) is 22.9. The topological polar surface area (TPSA) is 35.9 Å². The molecule has 3 aromatic rings. The van der Waals surface area contributed by atoms with Crippen molar-refractivity contribution in [1.29, 1.82) is 0 Å². The van der Waals surface area contributed by atoms with E-state index in [9.17, 15) is 5.11 Å². The molecule has 47 heavy (non-hydrogen) atoms. The van der Waals surface area contributed by atoms with Crippen LogP contribution in [0.1, 0.15) is 87.5 Å². The van der Waals surface area contributed by atoms with Crippen LogP contribution in [0.15, 0.2) is 102 Å². The van der Waals surface area contributed by atoms with Crippen LogP contribution in [0, 0.1) is 5.92 Å². The minimum atomic E-state index is 0.370. The van der Waals surface area contributed by atoms with Crippen LogP contribution in [0.3, 0.4) is 0 Å². The minimum absolute atomic E-state index is 0.370. The first-order valence-corrected chi connectivity index (χ1v) is 18.5. The molecule has 5 heteroatoms. The summed E-state index contributed by atoms with van der Waals surface area (Å²) < 4.78 is 7.94. The average Bonchev–Trinajstić information content (AvgIpc) is 3.27. The van der Waals surface area contributed by atoms with E-state index >= 15 is 0 Å². The van der Waals surface area contributed by atoms with Crippen molar-refractivity contribution in [3.8, 4) is 11.5 Å². The Hall–Kier alpha value is -3.41. The average molecular weight is 651 g/mol. The number of nitrogens with zero attached hydrogens (tertiary/aromatic N) is 2. The summed E-state index contributed by atoms with van der Waals surface area (Å²) >= 11 is 1.87. The Bertz CT molecular complexity index is 1530. The molecule has 3 aromatic carbocycles. The number of hydrogen-bond acceptors (Lipinski definition) is 5. The van der Waals surface area contributed by atoms with Crippen LogP contribution < -0.4 is 9.64 Å². The van der Waals surface area contributed by atoms with Gasteiger partial charge >= 0.3 is 0 Å². The zero-order valence-corrected chi connectivity index (χ0v) is 29.8. The van der Waals surface area contributed by atoms with E-state index in [1.807, 2.05) is 24.1 Å². The van der Waals surface area contributed by atoms with Crippen molar-refractivity contribution in [3.05, 3.63) is 119 Å². The van der Waals surface area contributed by atoms with Gasteiger partial charge in [-0.25, -0.2) is 4.31 Å². The molecule has 4 nitrogen and oxygen atoms in total. The summed E-state index contributed by atoms with van der Waals surface area (Å²) in [5, 5.41) is 10.3. The molecule has 0 aromatic heterocycles. The number of allylic oxidation sites excluding steroid dienone is 2. The first kappa shape index (κ1) is 34.9. The van der Waals surface area contributed by atoms with Crippen LogP contribution in [-0.2, 0) is 19.4 Å². The third kappa shape index (κ3) is 9.15. The summed E-state index contributed by atoms with van der Waals surface area (Å²) in [4.78, 5) is 3.96. The zero-order chi connectivity index (χ0) is 33.2. The maximum Gasteiger partial charge on any atom is 0.118 e. The lowest BCUT2D eigenvalue weighted by atomic mass is 9.88. The lowest BCUT2D eigenvalue weighted by Gasteiger charge is -2.36. The summed E-state index contributed by atoms with van der Waals surface area (Å²) in [6.07, 6.45) is 17.8. The molecule has 1 aliphatic heterocycles. The van der Waals surface area contributed by atoms with E-state index in [-0.39, 0.29) is 0 Å². The van der Waals surface area contributed by atoms with Crippen molar-refractivity contribution in [1.82, 2.24) is 4.31 Å². The van der Waals surface area contributed by atoms with Gasteiger partial charge in [0.15, 0.2) is 0 Å². The second-order valence-corrected chi connectivity index (χ2v) is 14.3. The molecule has 0 spiro atoms. The standard InChI is InChI=1S/C42H54N2O2S/c1-6-10-35-26-38(45)21-25-41(35)36-19-18-34-20-24-40(27-42(34)44(30-36)37(9-4)11-7-2)47-43(28-32-14-12-31(8-3)13-15-32)29-33-16-22-39(46-5)23-17-33/h7,12,14-17,20-27,31,36-37,45H,2,6,8-11,13,18-19,28-30H2,1,3-5H3. The van der Waals surface area contributed by atoms with Crippen molar-refractivity contribution < 1.29 is 9.84 Å². The van der Waals surface area contributed by atoms with Crippen LogP contribution in [0.25, 0.3) is 0 Å². The van der Waals surface area contributed by atoms with Gasteiger partial charge < -0.3 is 14.7 Å². The first-order valence-electron chi connectivity index (χ1n) is 17.7. The van der Waals surface area contributed by atoms with E-state index in [0.717, 1.165) is 70.3 Å². The summed E-state index contributed by atoms with van der Waals surface area (Å²) in [5.41, 5.74) is 8.16. The number of phenols is 1. The van der Waals surface area contributed by atoms with Gasteiger partial charge in [-0.3, -0.25) is 0 Å². The minimum Gasteiger partial charge on any atom is -0.508 e. The largest absolute Gasteiger partial charge is 0.508 e. The smallest absolute Gasteiger partial charge is 0.118 e. The lowest BCUT2D eigenvalue weighted by Crippen LogP contribution is -2.37. The maximum absolute atomic E-state index is 10.3. The summed E-state index contributed by atoms with van der Waals surface area (Å²) in [7, 11) is 1.72. The van der Waals surface area contributed by atoms with Crippen LogP contribution in [0.5, 0.6) is 11.5 Å². The molecule has 5 rings (SSSR count). The molecule has 0 amide bonds. The molecular formula is C42H54N2O2S. The number of anilines is 1. The molecule has 0 saturated carbocycles. The van der Waals surface area contributed by atoms with E-state index in [0.29, 0.717) is 23.6 Å². The maximum atomic E-state index is 10.3. The van der Waals surface area contributed by atoms with Gasteiger partial charge in [-0.2, -0.15) is 0 Å². The molecule has 0 bridgehead atoms. The molecule has 250 valence electrons. The van der Waals surface area contributed by atoms with Gasteiger partial charge in [0.2, 0.25) is 0 Å². The number of methoxy groups -OCH3 is 1. The molecule has 1 N–H and O–H groups in total. The fourth-order valence-electron chi connectivity index (χ4n) is 7.16. The number of phenolic OH excluding ortho intramolecular Hbond substituents is 1. The van der Waals surface area contributed by atoms with Gasteiger partial charge in [-0.15, -0.1) is 6.58 Å². The fourth-order valence-corrected chi connectivity index (χ4v) is 8.17. The number of rotatable bonds is 15. The van der Waals surface area contributed by atoms with Gasteiger partial charge in [0.25, 0.3) is 0 Å². The molecule has 3 unspecified atom stereocenters. The SMILES string of the molecule is C=CCC(CC)N1CC(c2ccc(O)cc2CCC)CCc2ccc(SN(CC3=CCC(CC)C=C3)Cc3ccc(OC)cc3)cc21. The normalized spacial score (nSPS) is 18.4. The molecular weight excluding hydrogens is 597 g/mol. The quantitative estimate of drug-likeness (QED) is 0.131. The van der Waals surface area contributed by atoms with Crippen LogP contribution in [0.2, 0.25) is 0 Å². The highest BCUT2D eigenvalue weighted by Crippen LogP contribution is 2.40. The highest BCUT2D eigenvalue weighted by molar-refractivity contribution is 7.97. The van der Waals surface area contributed by atoms with E-state index in [1.165, 1.54) is 44.8 Å². The van der Waals surface area contributed by atoms with E-state index in [1.54, 1.807) is 7.11 Å². The third-order valence-electron chi connectivity index (χ3n) is 9.88. The Kier molecular flexibility index (Phi) is 12.7. The van der Waals surface area contributed by atoms with Crippen molar-refractivity contribution in [3.63, 3.8) is 0 Å². The van der Waals surface area contributed by atoms with Gasteiger partial charge in [-0.05, 0) is 127 Å². The molecule has 0 saturated heterocycles. The predicted octanol–water partition coefficient (Wildman–Crippen LogP) is 10.7. The van der Waals surface area contributed by atoms with Gasteiger partial charge in [-0.1, -0.05) is 75.8 Å². The summed E-state index contributed by atoms with van der Waals surface area (Å²) in [5.74, 6) is 2.32. The van der Waals surface area contributed by atoms with Crippen molar-refractivity contribution in [2.24, 2.45) is 5.92 Å². The number of fused-ring (bicyclic) bond motifs is 1. The Morgan fingerprint density at radius 1 is 1.06 bits per heavy atom. The Balaban J connectivity index is 1.45. The Morgan fingerprint density at radius 3 is 2.57 bits per heavy atom. The second-order valence-electron chi connectivity index (χ2n) is 13.2. The van der Waals surface area contributed by atoms with Gasteiger partial charge in [0, 0.05) is 42.2 Å². The summed E-state index contributed by atoms with van der Waals surface area (Å²) in [6.45, 7) is 13.6. The predicted molar refractivity (Wildman–Crippen MR) is 201 cm³/mol. The lowest BCUT2D eigenvalue weighted by molar-refractivity contribution is 0.414. The van der Waals surface area contributed by atoms with E-state index in [4.69, 9.17) is 4.74 Å². The van der Waals surface area contributed by atoms with Gasteiger partial charge in [0.1, 0.15) is 11.5 Å². The highest BCUT2D eigenvalue weighted by atomic mass is 32.2. The van der Waals surface area contributed by atoms with Crippen molar-refractivity contribution >= 4 is 17.6 Å². The fraction of sp³-hybridized carbons (Fsp3) is 0.429. The zero-order valence-electron chi connectivity index (χ0n) is 29.0. The summed E-state index contributed by atoms with van der Waals surface area (Å²) in [6, 6.07) is 22.1. The van der Waals surface area contributed by atoms with Crippen LogP contribution in [0.4, 0.5) is 5.69 Å². The number of benzene rings is 3. The molecule has 1 aliphatic carbocycles. The molecule has 3 atom stereocenters. The second kappa shape index (κ2) is 17.1. The third-order valence-corrected chi connectivity index (χ3v) is 10.9. The van der Waals surface area contributed by atoms with Crippen LogP contribution in [-0.4, -0.2) is 35.7 Å². The molecule has 2 aliphatic rings. The number of aryl methyl sites for hydroxylation is 2. The van der Waals surface area contributed by atoms with E-state index in [2.05, 4.69) is 109 Å². The molecule has 1 heterocycles. The van der Waals surface area contributed by atoms with Gasteiger partial charge in [0.05, 0.1) is 7.11 Å². The number of hydrogen-bond donors (Lipinski definition) is 1. The van der Waals surface area contributed by atoms with E-state index < -0.39 is 0 Å². The molecule has 0 fully saturated rings.